The van der Waals surface area contributed by atoms with E-state index in [1.807, 2.05) is 48.5 Å². The molecule has 1 aliphatic carbocycles. The Morgan fingerprint density at radius 2 is 1.48 bits per heavy atom. The Bertz CT molecular complexity index is 934. The van der Waals surface area contributed by atoms with Gasteiger partial charge in [0.15, 0.2) is 6.10 Å². The number of benzene rings is 2. The first-order valence-electron chi connectivity index (χ1n) is 9.89. The number of carbonyl (C=O) groups is 2. The number of hydrogen-bond acceptors (Lipinski definition) is 7. The summed E-state index contributed by atoms with van der Waals surface area (Å²) in [6, 6.07) is 15.8. The van der Waals surface area contributed by atoms with E-state index in [1.165, 1.54) is 0 Å². The lowest BCUT2D eigenvalue weighted by atomic mass is 9.95. The van der Waals surface area contributed by atoms with Crippen LogP contribution in [0.15, 0.2) is 48.5 Å². The van der Waals surface area contributed by atoms with E-state index in [0.717, 1.165) is 22.3 Å². The number of aliphatic hydroxyl groups is 3. The van der Waals surface area contributed by atoms with Crippen LogP contribution in [0.2, 0.25) is 0 Å². The van der Waals surface area contributed by atoms with Crippen molar-refractivity contribution in [3.8, 4) is 11.1 Å². The fraction of sp³-hybridized carbons (Fsp3) is 0.364. The second-order valence-electron chi connectivity index (χ2n) is 7.61. The molecule has 1 saturated heterocycles. The van der Waals surface area contributed by atoms with Gasteiger partial charge in [-0.1, -0.05) is 48.5 Å². The number of amides is 1. The molecule has 0 radical (unpaired) electrons. The van der Waals surface area contributed by atoms with Crippen LogP contribution in [0, 0.1) is 0 Å². The number of fused-ring (bicyclic) bond motifs is 3. The second-order valence-corrected chi connectivity index (χ2v) is 7.61. The maximum Gasteiger partial charge on any atom is 0.407 e. The molecule has 9 nitrogen and oxygen atoms in total. The van der Waals surface area contributed by atoms with Crippen LogP contribution in [0.3, 0.4) is 0 Å². The third-order valence-electron chi connectivity index (χ3n) is 5.75. The van der Waals surface area contributed by atoms with Gasteiger partial charge in [0.1, 0.15) is 31.0 Å². The van der Waals surface area contributed by atoms with Gasteiger partial charge < -0.3 is 35.2 Å². The highest BCUT2D eigenvalue weighted by Gasteiger charge is 2.46. The van der Waals surface area contributed by atoms with Crippen molar-refractivity contribution in [2.75, 3.05) is 13.2 Å². The van der Waals surface area contributed by atoms with Crippen molar-refractivity contribution < 1.29 is 39.5 Å². The fourth-order valence-corrected chi connectivity index (χ4v) is 4.16. The zero-order valence-corrected chi connectivity index (χ0v) is 16.4. The third-order valence-corrected chi connectivity index (χ3v) is 5.75. The Morgan fingerprint density at radius 3 is 2.06 bits per heavy atom. The number of rotatable bonds is 5. The molecule has 1 fully saturated rings. The van der Waals surface area contributed by atoms with Gasteiger partial charge in [0.05, 0.1) is 0 Å². The summed E-state index contributed by atoms with van der Waals surface area (Å²) >= 11 is 0. The Hall–Kier alpha value is -2.98. The number of aliphatic hydroxyl groups excluding tert-OH is 3. The van der Waals surface area contributed by atoms with Crippen molar-refractivity contribution >= 4 is 12.1 Å². The number of hydrogen-bond donors (Lipinski definition) is 5. The predicted molar refractivity (Wildman–Crippen MR) is 107 cm³/mol. The molecule has 164 valence electrons. The minimum atomic E-state index is -1.78. The fourth-order valence-electron chi connectivity index (χ4n) is 4.16. The molecular formula is C22H23NO8. The summed E-state index contributed by atoms with van der Waals surface area (Å²) in [6.45, 7) is -0.210. The number of carbonyl (C=O) groups excluding carboxylic acids is 1. The molecule has 31 heavy (non-hydrogen) atoms. The molecule has 0 bridgehead atoms. The molecule has 0 saturated carbocycles. The summed E-state index contributed by atoms with van der Waals surface area (Å²) in [5.41, 5.74) is 4.31. The number of aliphatic carboxylic acids is 1. The Balaban J connectivity index is 1.37. The summed E-state index contributed by atoms with van der Waals surface area (Å²) in [7, 11) is 0. The van der Waals surface area contributed by atoms with E-state index in [2.05, 4.69) is 5.32 Å². The van der Waals surface area contributed by atoms with Gasteiger partial charge in [0.2, 0.25) is 0 Å². The van der Waals surface area contributed by atoms with E-state index in [9.17, 15) is 24.9 Å². The van der Waals surface area contributed by atoms with Gasteiger partial charge >= 0.3 is 12.1 Å². The van der Waals surface area contributed by atoms with Gasteiger partial charge in [-0.05, 0) is 22.3 Å². The first-order chi connectivity index (χ1) is 14.9. The molecule has 2 aromatic rings. The molecule has 9 heteroatoms. The number of alkyl carbamates (subject to hydrolysis) is 1. The van der Waals surface area contributed by atoms with E-state index < -0.39 is 42.6 Å². The number of carboxylic acid groups (broad SMARTS) is 1. The van der Waals surface area contributed by atoms with Gasteiger partial charge in [-0.2, -0.15) is 0 Å². The number of nitrogens with one attached hydrogen (secondary N) is 1. The zero-order valence-electron chi connectivity index (χ0n) is 16.4. The van der Waals surface area contributed by atoms with E-state index in [-0.39, 0.29) is 19.1 Å². The largest absolute Gasteiger partial charge is 0.479 e. The molecular weight excluding hydrogens is 406 g/mol. The normalized spacial score (nSPS) is 27.3. The van der Waals surface area contributed by atoms with Crippen molar-refractivity contribution in [1.82, 2.24) is 5.32 Å². The van der Waals surface area contributed by atoms with Crippen LogP contribution in [0.25, 0.3) is 11.1 Å². The van der Waals surface area contributed by atoms with E-state index in [4.69, 9.17) is 14.6 Å². The monoisotopic (exact) mass is 429 g/mol. The van der Waals surface area contributed by atoms with Crippen molar-refractivity contribution in [3.05, 3.63) is 59.7 Å². The van der Waals surface area contributed by atoms with E-state index in [1.54, 1.807) is 0 Å². The van der Waals surface area contributed by atoms with Gasteiger partial charge in [-0.3, -0.25) is 0 Å². The highest BCUT2D eigenvalue weighted by Crippen LogP contribution is 2.44. The van der Waals surface area contributed by atoms with Crippen LogP contribution in [0.4, 0.5) is 4.79 Å². The molecule has 1 unspecified atom stereocenters. The van der Waals surface area contributed by atoms with Crippen LogP contribution in [-0.2, 0) is 14.3 Å². The van der Waals surface area contributed by atoms with E-state index >= 15 is 0 Å². The van der Waals surface area contributed by atoms with Gasteiger partial charge in [0, 0.05) is 12.5 Å². The van der Waals surface area contributed by atoms with Crippen LogP contribution in [0.5, 0.6) is 0 Å². The van der Waals surface area contributed by atoms with Gasteiger partial charge in [0.25, 0.3) is 0 Å². The summed E-state index contributed by atoms with van der Waals surface area (Å²) in [5, 5.41) is 41.1. The van der Waals surface area contributed by atoms with Gasteiger partial charge in [-0.25, -0.2) is 9.59 Å². The van der Waals surface area contributed by atoms with Crippen LogP contribution in [-0.4, -0.2) is 76.2 Å². The van der Waals surface area contributed by atoms with Crippen molar-refractivity contribution in [1.29, 1.82) is 0 Å². The quantitative estimate of drug-likeness (QED) is 0.461. The lowest BCUT2D eigenvalue weighted by Gasteiger charge is -2.38. The van der Waals surface area contributed by atoms with Crippen LogP contribution < -0.4 is 5.32 Å². The van der Waals surface area contributed by atoms with Crippen LogP contribution in [0.1, 0.15) is 17.0 Å². The van der Waals surface area contributed by atoms with Gasteiger partial charge in [-0.15, -0.1) is 0 Å². The molecule has 0 aromatic heterocycles. The average molecular weight is 429 g/mol. The molecule has 2 aliphatic rings. The van der Waals surface area contributed by atoms with Crippen molar-refractivity contribution in [3.63, 3.8) is 0 Å². The van der Waals surface area contributed by atoms with E-state index in [0.29, 0.717) is 0 Å². The smallest absolute Gasteiger partial charge is 0.407 e. The first-order valence-corrected chi connectivity index (χ1v) is 9.89. The van der Waals surface area contributed by atoms with Crippen molar-refractivity contribution in [2.45, 2.75) is 36.4 Å². The molecule has 1 amide bonds. The molecule has 1 heterocycles. The minimum Gasteiger partial charge on any atom is -0.479 e. The molecule has 5 atom stereocenters. The summed E-state index contributed by atoms with van der Waals surface area (Å²) in [4.78, 5) is 23.4. The Kier molecular flexibility index (Phi) is 5.92. The molecule has 2 aromatic carbocycles. The Morgan fingerprint density at radius 1 is 0.903 bits per heavy atom. The summed E-state index contributed by atoms with van der Waals surface area (Å²) in [5.74, 6) is -1.60. The highest BCUT2D eigenvalue weighted by molar-refractivity contribution is 5.79. The molecule has 1 aliphatic heterocycles. The second kappa shape index (κ2) is 8.64. The predicted octanol–water partition coefficient (Wildman–Crippen LogP) is 0.460. The topological polar surface area (TPSA) is 146 Å². The standard InChI is InChI=1S/C22H23NO8/c24-17-16(31-20(21(27)28)19(26)18(17)25)9-23-22(29)30-10-15-13-7-3-1-5-11(13)12-6-2-4-8-14(12)15/h1-8,15-20,24-26H,9-10H2,(H,23,29)(H,27,28)/t16-,17+,18+,19+,20?/m0/s1. The number of ether oxygens (including phenoxy) is 2. The molecule has 0 spiro atoms. The average Bonchev–Trinajstić information content (AvgIpc) is 3.09. The lowest BCUT2D eigenvalue weighted by molar-refractivity contribution is -0.226. The maximum atomic E-state index is 12.2. The first kappa shape index (κ1) is 21.3. The zero-order chi connectivity index (χ0) is 22.1. The SMILES string of the molecule is O=C(NC[C@@H]1OC(C(=O)O)[C@H](O)[C@H](O)[C@@H]1O)OCC1c2ccccc2-c2ccccc21. The maximum absolute atomic E-state index is 12.2. The third kappa shape index (κ3) is 4.00. The molecule has 5 N–H and O–H groups in total. The highest BCUT2D eigenvalue weighted by atomic mass is 16.6. The summed E-state index contributed by atoms with van der Waals surface area (Å²) in [6.07, 6.45) is -8.78. The van der Waals surface area contributed by atoms with Crippen LogP contribution >= 0.6 is 0 Å². The summed E-state index contributed by atoms with van der Waals surface area (Å²) < 4.78 is 10.5. The lowest BCUT2D eigenvalue weighted by Crippen LogP contribution is -2.61. The van der Waals surface area contributed by atoms with Crippen molar-refractivity contribution in [2.24, 2.45) is 0 Å². The minimum absolute atomic E-state index is 0.0903. The molecule has 4 rings (SSSR count). The number of carboxylic acids is 1. The Labute approximate surface area is 177 Å².